The number of guanidine groups is 1. The number of aryl methyl sites for hydroxylation is 1. The van der Waals surface area contributed by atoms with E-state index in [9.17, 15) is 4.79 Å². The number of amides is 1. The third-order valence-corrected chi connectivity index (χ3v) is 4.83. The molecule has 0 unspecified atom stereocenters. The molecule has 7 heteroatoms. The molecular weight excluding hydrogens is 360 g/mol. The fraction of sp³-hybridized carbons (Fsp3) is 0.400. The van der Waals surface area contributed by atoms with Gasteiger partial charge in [-0.05, 0) is 37.6 Å². The molecule has 0 atom stereocenters. The lowest BCUT2D eigenvalue weighted by Gasteiger charge is -2.12. The van der Waals surface area contributed by atoms with Crippen LogP contribution in [0, 0.1) is 0 Å². The Morgan fingerprint density at radius 1 is 1.15 bits per heavy atom. The minimum absolute atomic E-state index is 0.0999. The summed E-state index contributed by atoms with van der Waals surface area (Å²) in [6, 6.07) is 11.7. The number of hydrogen-bond donors (Lipinski definition) is 3. The molecule has 146 valence electrons. The monoisotopic (exact) mass is 388 g/mol. The number of carbonyl (C=O) groups excluding carboxylic acids is 1. The van der Waals surface area contributed by atoms with Crippen molar-refractivity contribution in [2.75, 3.05) is 25.0 Å². The summed E-state index contributed by atoms with van der Waals surface area (Å²) in [6.45, 7) is 8.28. The van der Waals surface area contributed by atoms with Crippen LogP contribution < -0.4 is 20.7 Å². The Balaban J connectivity index is 1.80. The van der Waals surface area contributed by atoms with Crippen LogP contribution >= 0.6 is 11.3 Å². The fourth-order valence-corrected chi connectivity index (χ4v) is 3.28. The third-order valence-electron chi connectivity index (χ3n) is 3.62. The van der Waals surface area contributed by atoms with E-state index in [0.29, 0.717) is 19.7 Å². The Hall–Kier alpha value is -2.54. The molecule has 0 aliphatic heterocycles. The zero-order valence-electron chi connectivity index (χ0n) is 16.2. The maximum atomic E-state index is 11.1. The van der Waals surface area contributed by atoms with E-state index in [1.165, 1.54) is 16.7 Å². The van der Waals surface area contributed by atoms with E-state index in [1.54, 1.807) is 11.3 Å². The molecule has 0 aliphatic carbocycles. The number of carbonyl (C=O) groups is 1. The molecule has 6 nitrogen and oxygen atoms in total. The van der Waals surface area contributed by atoms with Crippen molar-refractivity contribution in [1.82, 2.24) is 10.6 Å². The van der Waals surface area contributed by atoms with Gasteiger partial charge in [0.1, 0.15) is 12.4 Å². The Kier molecular flexibility index (Phi) is 8.64. The summed E-state index contributed by atoms with van der Waals surface area (Å²) >= 11 is 1.81. The smallest absolute Gasteiger partial charge is 0.221 e. The highest BCUT2D eigenvalue weighted by atomic mass is 32.1. The van der Waals surface area contributed by atoms with E-state index >= 15 is 0 Å². The van der Waals surface area contributed by atoms with Crippen LogP contribution in [0.2, 0.25) is 0 Å². The van der Waals surface area contributed by atoms with Gasteiger partial charge in [-0.2, -0.15) is 0 Å². The molecule has 3 N–H and O–H groups in total. The van der Waals surface area contributed by atoms with E-state index in [1.807, 2.05) is 31.2 Å². The highest BCUT2D eigenvalue weighted by Gasteiger charge is 2.02. The number of hydrogen-bond acceptors (Lipinski definition) is 4. The van der Waals surface area contributed by atoms with Crippen LogP contribution in [-0.4, -0.2) is 31.6 Å². The van der Waals surface area contributed by atoms with Gasteiger partial charge < -0.3 is 20.7 Å². The maximum Gasteiger partial charge on any atom is 0.221 e. The molecule has 0 saturated heterocycles. The third kappa shape index (κ3) is 7.70. The second-order valence-corrected chi connectivity index (χ2v) is 7.15. The SMILES string of the molecule is CCNC(=NCc1ccc(CC)s1)NCCOc1cccc(NC(C)=O)c1. The van der Waals surface area contributed by atoms with E-state index < -0.39 is 0 Å². The first-order valence-electron chi connectivity index (χ1n) is 9.21. The van der Waals surface area contributed by atoms with Gasteiger partial charge in [-0.3, -0.25) is 4.79 Å². The van der Waals surface area contributed by atoms with Crippen molar-refractivity contribution in [3.63, 3.8) is 0 Å². The number of aliphatic imine (C=N–C) groups is 1. The molecule has 0 saturated carbocycles. The van der Waals surface area contributed by atoms with Gasteiger partial charge in [-0.25, -0.2) is 4.99 Å². The highest BCUT2D eigenvalue weighted by Crippen LogP contribution is 2.18. The Morgan fingerprint density at radius 3 is 2.67 bits per heavy atom. The molecule has 0 fully saturated rings. The van der Waals surface area contributed by atoms with Gasteiger partial charge >= 0.3 is 0 Å². The summed E-state index contributed by atoms with van der Waals surface area (Å²) < 4.78 is 5.74. The lowest BCUT2D eigenvalue weighted by Crippen LogP contribution is -2.39. The molecule has 2 aromatic rings. The van der Waals surface area contributed by atoms with E-state index in [2.05, 4.69) is 40.0 Å². The zero-order chi connectivity index (χ0) is 19.5. The predicted molar refractivity (Wildman–Crippen MR) is 113 cm³/mol. The molecule has 27 heavy (non-hydrogen) atoms. The Morgan fingerprint density at radius 2 is 1.96 bits per heavy atom. The van der Waals surface area contributed by atoms with Crippen LogP contribution in [0.3, 0.4) is 0 Å². The lowest BCUT2D eigenvalue weighted by atomic mass is 10.3. The average molecular weight is 389 g/mol. The quantitative estimate of drug-likeness (QED) is 0.350. The predicted octanol–water partition coefficient (Wildman–Crippen LogP) is 3.40. The van der Waals surface area contributed by atoms with Gasteiger partial charge in [0, 0.05) is 35.0 Å². The first-order valence-corrected chi connectivity index (χ1v) is 10.0. The van der Waals surface area contributed by atoms with Gasteiger partial charge in [0.15, 0.2) is 5.96 Å². The molecule has 1 aromatic carbocycles. The van der Waals surface area contributed by atoms with Crippen LogP contribution in [0.15, 0.2) is 41.4 Å². The fourth-order valence-electron chi connectivity index (χ4n) is 2.40. The van der Waals surface area contributed by atoms with Crippen molar-refractivity contribution < 1.29 is 9.53 Å². The Labute approximate surface area is 165 Å². The first-order chi connectivity index (χ1) is 13.1. The number of ether oxygens (including phenoxy) is 1. The summed E-state index contributed by atoms with van der Waals surface area (Å²) in [5.41, 5.74) is 0.727. The second-order valence-electron chi connectivity index (χ2n) is 5.90. The van der Waals surface area contributed by atoms with Gasteiger partial charge in [0.05, 0.1) is 13.1 Å². The van der Waals surface area contributed by atoms with Crippen LogP contribution in [0.4, 0.5) is 5.69 Å². The molecule has 1 amide bonds. The lowest BCUT2D eigenvalue weighted by molar-refractivity contribution is -0.114. The molecule has 0 bridgehead atoms. The zero-order valence-corrected chi connectivity index (χ0v) is 17.0. The van der Waals surface area contributed by atoms with Crippen molar-refractivity contribution >= 4 is 28.9 Å². The molecule has 0 radical (unpaired) electrons. The Bertz CT molecular complexity index is 758. The molecular formula is C20H28N4O2S. The van der Waals surface area contributed by atoms with Crippen LogP contribution in [-0.2, 0) is 17.8 Å². The summed E-state index contributed by atoms with van der Waals surface area (Å²) in [5.74, 6) is 1.40. The topological polar surface area (TPSA) is 74.8 Å². The minimum atomic E-state index is -0.0999. The van der Waals surface area contributed by atoms with Crippen molar-refractivity contribution in [3.8, 4) is 5.75 Å². The standard InChI is InChI=1S/C20H28N4O2S/c1-4-18-9-10-19(27-18)14-23-20(21-5-2)22-11-12-26-17-8-6-7-16(13-17)24-15(3)25/h6-10,13H,4-5,11-12,14H2,1-3H3,(H,24,25)(H2,21,22,23). The summed E-state index contributed by atoms with van der Waals surface area (Å²) in [6.07, 6.45) is 1.06. The first kappa shape index (κ1) is 20.8. The van der Waals surface area contributed by atoms with Gasteiger partial charge in [0.25, 0.3) is 0 Å². The number of rotatable bonds is 9. The van der Waals surface area contributed by atoms with Crippen LogP contribution in [0.25, 0.3) is 0 Å². The molecule has 2 rings (SSSR count). The molecule has 1 heterocycles. The molecule has 1 aromatic heterocycles. The van der Waals surface area contributed by atoms with Crippen molar-refractivity contribution in [3.05, 3.63) is 46.2 Å². The highest BCUT2D eigenvalue weighted by molar-refractivity contribution is 7.11. The number of benzene rings is 1. The second kappa shape index (κ2) is 11.2. The van der Waals surface area contributed by atoms with Crippen LogP contribution in [0.5, 0.6) is 5.75 Å². The molecule has 0 aliphatic rings. The number of anilines is 1. The normalized spacial score (nSPS) is 11.1. The minimum Gasteiger partial charge on any atom is -0.492 e. The summed E-state index contributed by atoms with van der Waals surface area (Å²) in [4.78, 5) is 18.4. The van der Waals surface area contributed by atoms with Crippen LogP contribution in [0.1, 0.15) is 30.5 Å². The number of thiophene rings is 1. The van der Waals surface area contributed by atoms with E-state index in [4.69, 9.17) is 4.74 Å². The molecule has 0 spiro atoms. The van der Waals surface area contributed by atoms with Crippen molar-refractivity contribution in [1.29, 1.82) is 0 Å². The number of nitrogens with zero attached hydrogens (tertiary/aromatic N) is 1. The summed E-state index contributed by atoms with van der Waals surface area (Å²) in [7, 11) is 0. The van der Waals surface area contributed by atoms with Crippen molar-refractivity contribution in [2.24, 2.45) is 4.99 Å². The van der Waals surface area contributed by atoms with Gasteiger partial charge in [0.2, 0.25) is 5.91 Å². The average Bonchev–Trinajstić information content (AvgIpc) is 3.11. The van der Waals surface area contributed by atoms with E-state index in [-0.39, 0.29) is 5.91 Å². The van der Waals surface area contributed by atoms with Crippen molar-refractivity contribution in [2.45, 2.75) is 33.7 Å². The maximum absolute atomic E-state index is 11.1. The number of nitrogens with one attached hydrogen (secondary N) is 3. The largest absolute Gasteiger partial charge is 0.492 e. The van der Waals surface area contributed by atoms with E-state index in [0.717, 1.165) is 30.4 Å². The van der Waals surface area contributed by atoms with Gasteiger partial charge in [-0.15, -0.1) is 11.3 Å². The van der Waals surface area contributed by atoms with Gasteiger partial charge in [-0.1, -0.05) is 13.0 Å². The summed E-state index contributed by atoms with van der Waals surface area (Å²) in [5, 5.41) is 9.27.